The van der Waals surface area contributed by atoms with Gasteiger partial charge in [-0.05, 0) is 52.0 Å². The van der Waals surface area contributed by atoms with E-state index in [0.29, 0.717) is 39.0 Å². The van der Waals surface area contributed by atoms with Crippen LogP contribution >= 0.6 is 0 Å². The van der Waals surface area contributed by atoms with E-state index < -0.39 is 15.6 Å². The molecule has 33 heavy (non-hydrogen) atoms. The Bertz CT molecular complexity index is 929. The minimum Gasteiger partial charge on any atom is -0.444 e. The molecule has 0 aromatic heterocycles. The van der Waals surface area contributed by atoms with Crippen LogP contribution < -0.4 is 0 Å². The van der Waals surface area contributed by atoms with Gasteiger partial charge in [-0.1, -0.05) is 30.3 Å². The highest BCUT2D eigenvalue weighted by Gasteiger charge is 2.37. The van der Waals surface area contributed by atoms with E-state index in [0.717, 1.165) is 18.4 Å². The molecule has 0 aliphatic carbocycles. The molecule has 2 fully saturated rings. The van der Waals surface area contributed by atoms with Crippen LogP contribution in [0.5, 0.6) is 0 Å². The molecule has 184 valence electrons. The van der Waals surface area contributed by atoms with E-state index >= 15 is 0 Å². The average Bonchev–Trinajstić information content (AvgIpc) is 2.76. The summed E-state index contributed by atoms with van der Waals surface area (Å²) in [4.78, 5) is 30.0. The highest BCUT2D eigenvalue weighted by molar-refractivity contribution is 7.88. The fraction of sp³-hybridized carbons (Fsp3) is 0.667. The van der Waals surface area contributed by atoms with E-state index in [-0.39, 0.29) is 30.5 Å². The number of sulfonamides is 1. The van der Waals surface area contributed by atoms with E-state index in [4.69, 9.17) is 4.74 Å². The van der Waals surface area contributed by atoms with Crippen molar-refractivity contribution in [3.05, 3.63) is 35.9 Å². The predicted molar refractivity (Wildman–Crippen MR) is 127 cm³/mol. The van der Waals surface area contributed by atoms with Crippen LogP contribution in [0.2, 0.25) is 0 Å². The Kier molecular flexibility index (Phi) is 8.05. The highest BCUT2D eigenvalue weighted by atomic mass is 32.2. The average molecular weight is 480 g/mol. The molecule has 2 atom stereocenters. The second kappa shape index (κ2) is 10.4. The number of likely N-dealkylation sites (tertiary alicyclic amines) is 1. The third kappa shape index (κ3) is 7.17. The smallest absolute Gasteiger partial charge is 0.410 e. The van der Waals surface area contributed by atoms with Crippen LogP contribution in [-0.2, 0) is 26.1 Å². The summed E-state index contributed by atoms with van der Waals surface area (Å²) in [6.07, 6.45) is 3.74. The Hall–Kier alpha value is -2.13. The van der Waals surface area contributed by atoms with Crippen molar-refractivity contribution in [1.29, 1.82) is 0 Å². The van der Waals surface area contributed by atoms with Crippen molar-refractivity contribution >= 4 is 22.0 Å². The van der Waals surface area contributed by atoms with E-state index in [1.165, 1.54) is 10.6 Å². The van der Waals surface area contributed by atoms with Crippen LogP contribution in [0.15, 0.2) is 30.3 Å². The lowest BCUT2D eigenvalue weighted by molar-refractivity contribution is -0.141. The third-order valence-corrected chi connectivity index (χ3v) is 7.44. The summed E-state index contributed by atoms with van der Waals surface area (Å²) in [5.74, 6) is -0.419. The van der Waals surface area contributed by atoms with E-state index in [1.807, 2.05) is 56.0 Å². The molecule has 9 heteroatoms. The van der Waals surface area contributed by atoms with Gasteiger partial charge in [0.25, 0.3) is 0 Å². The number of rotatable bonds is 5. The van der Waals surface area contributed by atoms with Crippen molar-refractivity contribution in [2.24, 2.45) is 5.92 Å². The number of benzene rings is 1. The zero-order valence-electron chi connectivity index (χ0n) is 20.2. The van der Waals surface area contributed by atoms with Gasteiger partial charge >= 0.3 is 6.09 Å². The van der Waals surface area contributed by atoms with Gasteiger partial charge in [0, 0.05) is 38.8 Å². The number of hydrogen-bond donors (Lipinski definition) is 0. The maximum atomic E-state index is 13.7. The zero-order valence-corrected chi connectivity index (χ0v) is 21.0. The molecular weight excluding hydrogens is 442 g/mol. The van der Waals surface area contributed by atoms with Crippen LogP contribution in [0.25, 0.3) is 0 Å². The highest BCUT2D eigenvalue weighted by Crippen LogP contribution is 2.26. The quantitative estimate of drug-likeness (QED) is 0.648. The van der Waals surface area contributed by atoms with Gasteiger partial charge in [0.2, 0.25) is 15.9 Å². The molecule has 0 spiro atoms. The lowest BCUT2D eigenvalue weighted by Crippen LogP contribution is -2.55. The van der Waals surface area contributed by atoms with Crippen molar-refractivity contribution in [2.75, 3.05) is 32.4 Å². The maximum absolute atomic E-state index is 13.7. The minimum absolute atomic E-state index is 0.0387. The van der Waals surface area contributed by atoms with Crippen molar-refractivity contribution in [2.45, 2.75) is 64.6 Å². The summed E-state index contributed by atoms with van der Waals surface area (Å²) in [5, 5.41) is 0. The first-order valence-corrected chi connectivity index (χ1v) is 13.6. The van der Waals surface area contributed by atoms with Crippen LogP contribution in [0.4, 0.5) is 4.79 Å². The number of carbonyl (C=O) groups excluding carboxylic acids is 2. The topological polar surface area (TPSA) is 87.2 Å². The van der Waals surface area contributed by atoms with Gasteiger partial charge in [-0.2, -0.15) is 0 Å². The molecular formula is C24H37N3O5S. The van der Waals surface area contributed by atoms with Gasteiger partial charge in [-0.25, -0.2) is 17.5 Å². The molecule has 2 heterocycles. The van der Waals surface area contributed by atoms with Gasteiger partial charge in [0.1, 0.15) is 5.60 Å². The molecule has 0 radical (unpaired) electrons. The van der Waals surface area contributed by atoms with Crippen molar-refractivity contribution in [3.63, 3.8) is 0 Å². The first-order valence-electron chi connectivity index (χ1n) is 11.7. The normalized spacial score (nSPS) is 22.6. The SMILES string of the molecule is CC(C)(C)OC(=O)N1CCC[C@H](N(Cc2ccccc2)C(=O)[C@H]2CCCN(S(C)(=O)=O)C2)C1. The summed E-state index contributed by atoms with van der Waals surface area (Å²) < 4.78 is 31.2. The molecule has 0 N–H and O–H groups in total. The summed E-state index contributed by atoms with van der Waals surface area (Å²) in [5.41, 5.74) is 0.428. The van der Waals surface area contributed by atoms with Crippen molar-refractivity contribution in [1.82, 2.24) is 14.1 Å². The van der Waals surface area contributed by atoms with Crippen LogP contribution in [0.1, 0.15) is 52.0 Å². The number of nitrogens with zero attached hydrogens (tertiary/aromatic N) is 3. The maximum Gasteiger partial charge on any atom is 0.410 e. The molecule has 2 aliphatic heterocycles. The van der Waals surface area contributed by atoms with Gasteiger partial charge in [-0.15, -0.1) is 0 Å². The number of ether oxygens (including phenoxy) is 1. The molecule has 3 rings (SSSR count). The Labute approximate surface area is 197 Å². The Balaban J connectivity index is 1.80. The molecule has 8 nitrogen and oxygen atoms in total. The van der Waals surface area contributed by atoms with Gasteiger partial charge < -0.3 is 14.5 Å². The second-order valence-electron chi connectivity index (χ2n) is 10.1. The molecule has 0 saturated carbocycles. The molecule has 2 amide bonds. The Morgan fingerprint density at radius 1 is 1.06 bits per heavy atom. The largest absolute Gasteiger partial charge is 0.444 e. The fourth-order valence-corrected chi connectivity index (χ4v) is 5.46. The standard InChI is InChI=1S/C24H37N3O5S/c1-24(2,3)32-23(29)25-14-9-13-21(18-25)27(16-19-10-6-5-7-11-19)22(28)20-12-8-15-26(17-20)33(4,30)31/h5-7,10-11,20-21H,8-9,12-18H2,1-4H3/t20-,21-/m0/s1. The van der Waals surface area contributed by atoms with E-state index in [9.17, 15) is 18.0 Å². The Morgan fingerprint density at radius 3 is 2.36 bits per heavy atom. The molecule has 0 bridgehead atoms. The van der Waals surface area contributed by atoms with Crippen LogP contribution in [0.3, 0.4) is 0 Å². The van der Waals surface area contributed by atoms with Crippen molar-refractivity contribution in [3.8, 4) is 0 Å². The van der Waals surface area contributed by atoms with E-state index in [1.54, 1.807) is 4.90 Å². The van der Waals surface area contributed by atoms with Gasteiger partial charge in [0.05, 0.1) is 12.2 Å². The third-order valence-electron chi connectivity index (χ3n) is 6.17. The first kappa shape index (κ1) is 25.5. The monoisotopic (exact) mass is 479 g/mol. The summed E-state index contributed by atoms with van der Waals surface area (Å²) in [6, 6.07) is 9.64. The lowest BCUT2D eigenvalue weighted by Gasteiger charge is -2.42. The van der Waals surface area contributed by atoms with Gasteiger partial charge in [0.15, 0.2) is 0 Å². The Morgan fingerprint density at radius 2 is 1.73 bits per heavy atom. The van der Waals surface area contributed by atoms with Crippen LogP contribution in [-0.4, -0.2) is 78.6 Å². The lowest BCUT2D eigenvalue weighted by atomic mass is 9.95. The first-order chi connectivity index (χ1) is 15.4. The number of piperidine rings is 2. The van der Waals surface area contributed by atoms with Gasteiger partial charge in [-0.3, -0.25) is 4.79 Å². The molecule has 1 aromatic rings. The second-order valence-corrected chi connectivity index (χ2v) is 12.1. The fourth-order valence-electron chi connectivity index (χ4n) is 4.55. The molecule has 0 unspecified atom stereocenters. The van der Waals surface area contributed by atoms with Crippen molar-refractivity contribution < 1.29 is 22.7 Å². The van der Waals surface area contributed by atoms with Crippen LogP contribution in [0, 0.1) is 5.92 Å². The molecule has 2 saturated heterocycles. The number of carbonyl (C=O) groups is 2. The minimum atomic E-state index is -3.35. The number of amides is 2. The number of hydrogen-bond acceptors (Lipinski definition) is 5. The summed E-state index contributed by atoms with van der Waals surface area (Å²) in [6.45, 7) is 7.64. The summed E-state index contributed by atoms with van der Waals surface area (Å²) in [7, 11) is -3.35. The van der Waals surface area contributed by atoms with E-state index in [2.05, 4.69) is 0 Å². The zero-order chi connectivity index (χ0) is 24.2. The molecule has 1 aromatic carbocycles. The molecule has 2 aliphatic rings. The predicted octanol–water partition coefficient (Wildman–Crippen LogP) is 3.09. The summed E-state index contributed by atoms with van der Waals surface area (Å²) >= 11 is 0.